The normalized spacial score (nSPS) is 18.0. The molecule has 29 heavy (non-hydrogen) atoms. The summed E-state index contributed by atoms with van der Waals surface area (Å²) >= 11 is 6.13. The second kappa shape index (κ2) is 8.45. The van der Waals surface area contributed by atoms with Crippen molar-refractivity contribution in [1.29, 1.82) is 0 Å². The molecule has 4 nitrogen and oxygen atoms in total. The largest absolute Gasteiger partial charge is 0.416 e. The molecule has 0 aromatic heterocycles. The zero-order valence-corrected chi connectivity index (χ0v) is 16.4. The second-order valence-electron chi connectivity index (χ2n) is 7.12. The summed E-state index contributed by atoms with van der Waals surface area (Å²) in [4.78, 5) is 26.4. The van der Waals surface area contributed by atoms with Crippen LogP contribution < -0.4 is 5.32 Å². The Bertz CT molecular complexity index is 917. The molecule has 1 heterocycles. The van der Waals surface area contributed by atoms with E-state index < -0.39 is 23.7 Å². The molecule has 1 aliphatic rings. The first-order chi connectivity index (χ1) is 13.6. The highest BCUT2D eigenvalue weighted by Gasteiger charge is 2.35. The Balaban J connectivity index is 1.63. The molecule has 1 fully saturated rings. The van der Waals surface area contributed by atoms with Gasteiger partial charge in [-0.15, -0.1) is 0 Å². The van der Waals surface area contributed by atoms with Crippen molar-refractivity contribution in [3.8, 4) is 0 Å². The van der Waals surface area contributed by atoms with Gasteiger partial charge < -0.3 is 10.2 Å². The summed E-state index contributed by atoms with van der Waals surface area (Å²) in [6, 6.07) is 11.4. The predicted molar refractivity (Wildman–Crippen MR) is 103 cm³/mol. The molecule has 2 unspecified atom stereocenters. The molecule has 0 radical (unpaired) electrons. The van der Waals surface area contributed by atoms with Crippen molar-refractivity contribution < 1.29 is 22.8 Å². The van der Waals surface area contributed by atoms with E-state index in [9.17, 15) is 22.8 Å². The van der Waals surface area contributed by atoms with E-state index in [-0.39, 0.29) is 24.8 Å². The molecule has 0 saturated carbocycles. The average molecular weight is 425 g/mol. The molecular formula is C21H20ClF3N2O2. The molecular weight excluding hydrogens is 405 g/mol. The van der Waals surface area contributed by atoms with Crippen molar-refractivity contribution in [1.82, 2.24) is 10.2 Å². The van der Waals surface area contributed by atoms with Gasteiger partial charge in [0, 0.05) is 24.5 Å². The van der Waals surface area contributed by atoms with Gasteiger partial charge in [-0.3, -0.25) is 9.59 Å². The van der Waals surface area contributed by atoms with E-state index in [0.717, 1.165) is 17.7 Å². The molecule has 2 aromatic rings. The third-order valence-corrected chi connectivity index (χ3v) is 5.35. The van der Waals surface area contributed by atoms with Crippen molar-refractivity contribution >= 4 is 23.4 Å². The number of carbonyl (C=O) groups is 2. The zero-order valence-electron chi connectivity index (χ0n) is 15.7. The van der Waals surface area contributed by atoms with Gasteiger partial charge in [0.15, 0.2) is 0 Å². The fourth-order valence-electron chi connectivity index (χ4n) is 3.33. The van der Waals surface area contributed by atoms with Crippen molar-refractivity contribution in [2.75, 3.05) is 6.54 Å². The number of benzene rings is 2. The van der Waals surface area contributed by atoms with Gasteiger partial charge in [-0.25, -0.2) is 0 Å². The maximum atomic E-state index is 12.9. The number of likely N-dealkylation sites (tertiary alicyclic amines) is 1. The molecule has 154 valence electrons. The van der Waals surface area contributed by atoms with Crippen LogP contribution in [0.4, 0.5) is 13.2 Å². The van der Waals surface area contributed by atoms with Crippen molar-refractivity contribution in [2.24, 2.45) is 5.92 Å². The molecule has 0 aliphatic carbocycles. The number of halogens is 4. The monoisotopic (exact) mass is 424 g/mol. The molecule has 1 saturated heterocycles. The maximum Gasteiger partial charge on any atom is 0.416 e. The summed E-state index contributed by atoms with van der Waals surface area (Å²) < 4.78 is 38.7. The van der Waals surface area contributed by atoms with Gasteiger partial charge in [0.1, 0.15) is 0 Å². The molecule has 2 amide bonds. The van der Waals surface area contributed by atoms with E-state index in [0.29, 0.717) is 17.1 Å². The number of rotatable bonds is 5. The molecule has 0 bridgehead atoms. The lowest BCUT2D eigenvalue weighted by Gasteiger charge is -2.20. The molecule has 1 N–H and O–H groups in total. The lowest BCUT2D eigenvalue weighted by molar-refractivity contribution is -0.137. The average Bonchev–Trinajstić information content (AvgIpc) is 3.04. The molecule has 1 aliphatic heterocycles. The van der Waals surface area contributed by atoms with Crippen molar-refractivity contribution in [3.63, 3.8) is 0 Å². The van der Waals surface area contributed by atoms with E-state index >= 15 is 0 Å². The van der Waals surface area contributed by atoms with Gasteiger partial charge >= 0.3 is 6.18 Å². The van der Waals surface area contributed by atoms with Crippen LogP contribution in [-0.4, -0.2) is 23.3 Å². The van der Waals surface area contributed by atoms with Crippen LogP contribution in [0.5, 0.6) is 0 Å². The van der Waals surface area contributed by atoms with E-state index in [1.165, 1.54) is 12.1 Å². The molecule has 8 heteroatoms. The predicted octanol–water partition coefficient (Wildman–Crippen LogP) is 4.58. The lowest BCUT2D eigenvalue weighted by Crippen LogP contribution is -2.34. The fourth-order valence-corrected chi connectivity index (χ4v) is 3.53. The van der Waals surface area contributed by atoms with Gasteiger partial charge in [0.05, 0.1) is 17.5 Å². The van der Waals surface area contributed by atoms with Crippen LogP contribution in [0, 0.1) is 5.92 Å². The zero-order chi connectivity index (χ0) is 21.2. The van der Waals surface area contributed by atoms with Crippen LogP contribution in [0.1, 0.15) is 36.1 Å². The van der Waals surface area contributed by atoms with Crippen LogP contribution in [0.15, 0.2) is 48.5 Å². The maximum absolute atomic E-state index is 12.9. The fraction of sp³-hybridized carbons (Fsp3) is 0.333. The molecule has 0 spiro atoms. The summed E-state index contributed by atoms with van der Waals surface area (Å²) in [5.74, 6) is -1.07. The highest BCUT2D eigenvalue weighted by Crippen LogP contribution is 2.31. The number of nitrogens with zero attached hydrogens (tertiary/aromatic N) is 1. The van der Waals surface area contributed by atoms with Gasteiger partial charge in [-0.1, -0.05) is 41.9 Å². The molecule has 2 aromatic carbocycles. The van der Waals surface area contributed by atoms with Gasteiger partial charge in [0.2, 0.25) is 11.8 Å². The quantitative estimate of drug-likeness (QED) is 0.763. The lowest BCUT2D eigenvalue weighted by atomic mass is 10.0. The number of carbonyl (C=O) groups excluding carboxylic acids is 2. The Morgan fingerprint density at radius 2 is 1.97 bits per heavy atom. The Hall–Kier alpha value is -2.54. The summed E-state index contributed by atoms with van der Waals surface area (Å²) in [6.45, 7) is 2.17. The Kier molecular flexibility index (Phi) is 6.17. The third kappa shape index (κ3) is 5.09. The number of hydrogen-bond donors (Lipinski definition) is 1. The first-order valence-corrected chi connectivity index (χ1v) is 9.51. The Morgan fingerprint density at radius 1 is 1.24 bits per heavy atom. The summed E-state index contributed by atoms with van der Waals surface area (Å²) in [7, 11) is 0. The standard InChI is InChI=1S/C21H20ClF3N2O2/c1-13(14-6-4-7-17(9-14)21(23,24)25)26-20(29)16-10-19(28)27(12-16)11-15-5-2-3-8-18(15)22/h2-9,13,16H,10-12H2,1H3,(H,26,29). The van der Waals surface area contributed by atoms with Gasteiger partial charge in [-0.05, 0) is 36.2 Å². The minimum atomic E-state index is -4.45. The first kappa shape index (κ1) is 21.2. The minimum absolute atomic E-state index is 0.0611. The van der Waals surface area contributed by atoms with Gasteiger partial charge in [0.25, 0.3) is 0 Å². The minimum Gasteiger partial charge on any atom is -0.349 e. The van der Waals surface area contributed by atoms with Crippen LogP contribution in [0.25, 0.3) is 0 Å². The topological polar surface area (TPSA) is 49.4 Å². The summed E-state index contributed by atoms with van der Waals surface area (Å²) in [5.41, 5.74) is 0.379. The van der Waals surface area contributed by atoms with Gasteiger partial charge in [-0.2, -0.15) is 13.2 Å². The van der Waals surface area contributed by atoms with Crippen molar-refractivity contribution in [2.45, 2.75) is 32.1 Å². The number of alkyl halides is 3. The highest BCUT2D eigenvalue weighted by atomic mass is 35.5. The van der Waals surface area contributed by atoms with E-state index in [1.807, 2.05) is 12.1 Å². The van der Waals surface area contributed by atoms with E-state index in [2.05, 4.69) is 5.32 Å². The summed E-state index contributed by atoms with van der Waals surface area (Å²) in [5, 5.41) is 3.27. The summed E-state index contributed by atoms with van der Waals surface area (Å²) in [6.07, 6.45) is -4.39. The molecule has 3 rings (SSSR count). The number of hydrogen-bond acceptors (Lipinski definition) is 2. The van der Waals surface area contributed by atoms with Crippen LogP contribution in [0.2, 0.25) is 5.02 Å². The Morgan fingerprint density at radius 3 is 2.66 bits per heavy atom. The van der Waals surface area contributed by atoms with Crippen molar-refractivity contribution in [3.05, 3.63) is 70.2 Å². The van der Waals surface area contributed by atoms with Crippen LogP contribution in [-0.2, 0) is 22.3 Å². The van der Waals surface area contributed by atoms with E-state index in [4.69, 9.17) is 11.6 Å². The smallest absolute Gasteiger partial charge is 0.349 e. The van der Waals surface area contributed by atoms with Crippen LogP contribution in [0.3, 0.4) is 0 Å². The first-order valence-electron chi connectivity index (χ1n) is 9.14. The highest BCUT2D eigenvalue weighted by molar-refractivity contribution is 6.31. The second-order valence-corrected chi connectivity index (χ2v) is 7.53. The van der Waals surface area contributed by atoms with E-state index in [1.54, 1.807) is 24.0 Å². The third-order valence-electron chi connectivity index (χ3n) is 4.98. The molecule has 2 atom stereocenters. The number of amides is 2. The van der Waals surface area contributed by atoms with Crippen LogP contribution >= 0.6 is 11.6 Å². The number of nitrogens with one attached hydrogen (secondary N) is 1. The SMILES string of the molecule is CC(NC(=O)C1CC(=O)N(Cc2ccccc2Cl)C1)c1cccc(C(F)(F)F)c1. The Labute approximate surface area is 171 Å².